The van der Waals surface area contributed by atoms with Crippen LogP contribution in [0.4, 0.5) is 0 Å². The third kappa shape index (κ3) is 1.78. The molecule has 0 amide bonds. The van der Waals surface area contributed by atoms with E-state index in [0.717, 1.165) is 24.2 Å². The van der Waals surface area contributed by atoms with Crippen LogP contribution in [0, 0.1) is 11.3 Å². The van der Waals surface area contributed by atoms with Gasteiger partial charge in [-0.3, -0.25) is 4.98 Å². The topological polar surface area (TPSA) is 54.5 Å². The molecule has 3 aromatic rings. The molecule has 0 fully saturated rings. The van der Waals surface area contributed by atoms with E-state index in [4.69, 9.17) is 4.98 Å². The Hall–Kier alpha value is -2.93. The minimum absolute atomic E-state index is 0.0550. The summed E-state index contributed by atoms with van der Waals surface area (Å²) in [7, 11) is 0. The Kier molecular flexibility index (Phi) is 2.83. The Labute approximate surface area is 140 Å². The van der Waals surface area contributed by atoms with E-state index in [9.17, 15) is 5.26 Å². The van der Waals surface area contributed by atoms with Crippen molar-refractivity contribution in [2.75, 3.05) is 0 Å². The van der Waals surface area contributed by atoms with Crippen molar-refractivity contribution >= 4 is 0 Å². The van der Waals surface area contributed by atoms with Gasteiger partial charge in [0.05, 0.1) is 29.5 Å². The molecule has 1 aliphatic heterocycles. The van der Waals surface area contributed by atoms with Gasteiger partial charge in [0, 0.05) is 11.3 Å². The van der Waals surface area contributed by atoms with E-state index in [-0.39, 0.29) is 6.04 Å². The number of pyridine rings is 1. The molecule has 5 rings (SSSR count). The van der Waals surface area contributed by atoms with Crippen LogP contribution in [-0.2, 0) is 12.8 Å². The molecule has 0 N–H and O–H groups in total. The van der Waals surface area contributed by atoms with Crippen LogP contribution in [-0.4, -0.2) is 14.5 Å². The zero-order valence-corrected chi connectivity index (χ0v) is 13.2. The molecule has 116 valence electrons. The Balaban J connectivity index is 1.77. The number of fused-ring (bicyclic) bond motifs is 4. The van der Waals surface area contributed by atoms with Gasteiger partial charge in [0.2, 0.25) is 0 Å². The molecule has 4 heteroatoms. The molecular formula is C20H16N4. The maximum absolute atomic E-state index is 9.71. The summed E-state index contributed by atoms with van der Waals surface area (Å²) in [6.45, 7) is 0. The van der Waals surface area contributed by atoms with Gasteiger partial charge in [-0.15, -0.1) is 0 Å². The minimum atomic E-state index is -0.0550. The maximum atomic E-state index is 9.71. The highest BCUT2D eigenvalue weighted by atomic mass is 15.1. The number of aryl methyl sites for hydroxylation is 2. The van der Waals surface area contributed by atoms with Crippen LogP contribution in [0.3, 0.4) is 0 Å². The highest BCUT2D eigenvalue weighted by Crippen LogP contribution is 2.43. The number of rotatable bonds is 1. The minimum Gasteiger partial charge on any atom is -0.317 e. The van der Waals surface area contributed by atoms with E-state index in [1.54, 1.807) is 0 Å². The summed E-state index contributed by atoms with van der Waals surface area (Å²) < 4.78 is 2.14. The van der Waals surface area contributed by atoms with Crippen LogP contribution in [0.5, 0.6) is 0 Å². The van der Waals surface area contributed by atoms with Gasteiger partial charge in [-0.25, -0.2) is 4.98 Å². The average Bonchev–Trinajstić information content (AvgIpc) is 3.21. The number of hydrogen-bond acceptors (Lipinski definition) is 3. The van der Waals surface area contributed by atoms with Gasteiger partial charge in [0.1, 0.15) is 12.1 Å². The van der Waals surface area contributed by atoms with E-state index >= 15 is 0 Å². The lowest BCUT2D eigenvalue weighted by molar-refractivity contribution is 0.639. The Morgan fingerprint density at radius 2 is 2.04 bits per heavy atom. The van der Waals surface area contributed by atoms with Crippen molar-refractivity contribution in [2.45, 2.75) is 31.7 Å². The third-order valence-electron chi connectivity index (χ3n) is 5.19. The lowest BCUT2D eigenvalue weighted by atomic mass is 9.91. The van der Waals surface area contributed by atoms with E-state index in [1.807, 2.05) is 18.6 Å². The van der Waals surface area contributed by atoms with E-state index in [1.165, 1.54) is 35.2 Å². The Bertz CT molecular complexity index is 993. The van der Waals surface area contributed by atoms with Crippen LogP contribution in [0.2, 0.25) is 0 Å². The molecule has 4 nitrogen and oxygen atoms in total. The standard InChI is InChI=1S/C20H16N4/c21-10-14-9-13-5-1-4-8-17(13)23-19(14)20-16-7-3-2-6-15(16)18-11-22-12-24(18)20/h2-3,6-7,9,11-12,20H,1,4-5,8H2/t20-/m0/s1. The predicted octanol–water partition coefficient (Wildman–Crippen LogP) is 3.65. The van der Waals surface area contributed by atoms with Crippen molar-refractivity contribution in [1.29, 1.82) is 5.26 Å². The van der Waals surface area contributed by atoms with Crippen molar-refractivity contribution in [2.24, 2.45) is 0 Å². The highest BCUT2D eigenvalue weighted by Gasteiger charge is 2.32. The van der Waals surface area contributed by atoms with Gasteiger partial charge in [-0.1, -0.05) is 24.3 Å². The van der Waals surface area contributed by atoms with Gasteiger partial charge in [0.25, 0.3) is 0 Å². The first-order valence-electron chi connectivity index (χ1n) is 8.41. The highest BCUT2D eigenvalue weighted by molar-refractivity contribution is 5.71. The number of nitrogens with zero attached hydrogens (tertiary/aromatic N) is 4. The molecule has 0 unspecified atom stereocenters. The van der Waals surface area contributed by atoms with Gasteiger partial charge >= 0.3 is 0 Å². The lowest BCUT2D eigenvalue weighted by Gasteiger charge is -2.21. The average molecular weight is 312 g/mol. The molecule has 0 bridgehead atoms. The van der Waals surface area contributed by atoms with Crippen molar-refractivity contribution in [1.82, 2.24) is 14.5 Å². The molecular weight excluding hydrogens is 296 g/mol. The molecule has 24 heavy (non-hydrogen) atoms. The molecule has 2 aromatic heterocycles. The second-order valence-corrected chi connectivity index (χ2v) is 6.52. The van der Waals surface area contributed by atoms with E-state index in [0.29, 0.717) is 5.56 Å². The van der Waals surface area contributed by atoms with Crippen LogP contribution >= 0.6 is 0 Å². The van der Waals surface area contributed by atoms with Crippen molar-refractivity contribution in [3.8, 4) is 17.3 Å². The molecule has 1 aromatic carbocycles. The monoisotopic (exact) mass is 312 g/mol. The summed E-state index contributed by atoms with van der Waals surface area (Å²) in [5, 5.41) is 9.71. The Morgan fingerprint density at radius 3 is 2.96 bits per heavy atom. The van der Waals surface area contributed by atoms with Gasteiger partial charge in [-0.05, 0) is 42.9 Å². The third-order valence-corrected chi connectivity index (χ3v) is 5.19. The number of nitriles is 1. The number of imidazole rings is 1. The van der Waals surface area contributed by atoms with Crippen molar-refractivity contribution in [3.05, 3.63) is 70.9 Å². The largest absolute Gasteiger partial charge is 0.317 e. The summed E-state index contributed by atoms with van der Waals surface area (Å²) in [5.41, 5.74) is 7.46. The van der Waals surface area contributed by atoms with Crippen LogP contribution in [0.1, 0.15) is 47.0 Å². The fourth-order valence-electron chi connectivity index (χ4n) is 4.06. The first kappa shape index (κ1) is 13.5. The molecule has 3 heterocycles. The van der Waals surface area contributed by atoms with E-state index in [2.05, 4.69) is 39.9 Å². The fraction of sp³-hybridized carbons (Fsp3) is 0.250. The molecule has 1 aliphatic carbocycles. The molecule has 0 radical (unpaired) electrons. The second-order valence-electron chi connectivity index (χ2n) is 6.52. The second kappa shape index (κ2) is 5.04. The smallest absolute Gasteiger partial charge is 0.104 e. The van der Waals surface area contributed by atoms with Crippen LogP contribution in [0.25, 0.3) is 11.3 Å². The summed E-state index contributed by atoms with van der Waals surface area (Å²) in [6.07, 6.45) is 8.17. The van der Waals surface area contributed by atoms with Crippen LogP contribution in [0.15, 0.2) is 42.9 Å². The normalized spacial score (nSPS) is 17.7. The lowest BCUT2D eigenvalue weighted by Crippen LogP contribution is -2.15. The van der Waals surface area contributed by atoms with Gasteiger partial charge < -0.3 is 4.57 Å². The summed E-state index contributed by atoms with van der Waals surface area (Å²) in [6, 6.07) is 12.7. The van der Waals surface area contributed by atoms with E-state index < -0.39 is 0 Å². The SMILES string of the molecule is N#Cc1cc2c(nc1[C@@H]1c3ccccc3-c3cncn31)CCCC2. The number of aromatic nitrogens is 3. The molecule has 1 atom stereocenters. The molecule has 0 saturated carbocycles. The molecule has 0 saturated heterocycles. The van der Waals surface area contributed by atoms with Gasteiger partial charge in [-0.2, -0.15) is 5.26 Å². The Morgan fingerprint density at radius 1 is 1.17 bits per heavy atom. The summed E-state index contributed by atoms with van der Waals surface area (Å²) in [4.78, 5) is 9.29. The zero-order valence-electron chi connectivity index (χ0n) is 13.2. The van der Waals surface area contributed by atoms with Crippen LogP contribution < -0.4 is 0 Å². The predicted molar refractivity (Wildman–Crippen MR) is 90.5 cm³/mol. The number of hydrogen-bond donors (Lipinski definition) is 0. The number of benzene rings is 1. The maximum Gasteiger partial charge on any atom is 0.104 e. The molecule has 2 aliphatic rings. The first-order chi connectivity index (χ1) is 11.9. The van der Waals surface area contributed by atoms with Crippen molar-refractivity contribution < 1.29 is 0 Å². The zero-order chi connectivity index (χ0) is 16.1. The van der Waals surface area contributed by atoms with Crippen molar-refractivity contribution in [3.63, 3.8) is 0 Å². The summed E-state index contributed by atoms with van der Waals surface area (Å²) >= 11 is 0. The van der Waals surface area contributed by atoms with Gasteiger partial charge in [0.15, 0.2) is 0 Å². The summed E-state index contributed by atoms with van der Waals surface area (Å²) in [5.74, 6) is 0. The quantitative estimate of drug-likeness (QED) is 0.539. The fourth-order valence-corrected chi connectivity index (χ4v) is 4.06. The molecule has 0 spiro atoms. The first-order valence-corrected chi connectivity index (χ1v) is 8.41.